The summed E-state index contributed by atoms with van der Waals surface area (Å²) in [6.07, 6.45) is 16.3. The van der Waals surface area contributed by atoms with Crippen molar-refractivity contribution in [1.82, 2.24) is 10.3 Å². The van der Waals surface area contributed by atoms with E-state index in [4.69, 9.17) is 14.9 Å². The first-order valence-corrected chi connectivity index (χ1v) is 22.4. The van der Waals surface area contributed by atoms with Gasteiger partial charge in [-0.05, 0) is 135 Å². The van der Waals surface area contributed by atoms with E-state index in [9.17, 15) is 20.4 Å². The molecule has 2 saturated carbocycles. The molecule has 0 radical (unpaired) electrons. The van der Waals surface area contributed by atoms with E-state index in [1.165, 1.54) is 61.8 Å². The number of nitrogens with two attached hydrogens (primary N) is 1. The molecule has 7 rings (SSSR count). The summed E-state index contributed by atoms with van der Waals surface area (Å²) in [5.74, 6) is 4.26. The predicted octanol–water partition coefficient (Wildman–Crippen LogP) is 8.21. The van der Waals surface area contributed by atoms with Crippen LogP contribution in [0.25, 0.3) is 0 Å². The van der Waals surface area contributed by atoms with Crippen LogP contribution < -0.4 is 15.8 Å². The summed E-state index contributed by atoms with van der Waals surface area (Å²) in [5.41, 5.74) is 13.0. The SMILES string of the molecule is CC(O)CNCC1c2cc(C(O)COc3cc(CCc4cc(CO)c(CCCCCC(CN)Cc5ccccc5)o4)ccc3O)[nH]c2CC2(CCCC2)C2CCCC12. The summed E-state index contributed by atoms with van der Waals surface area (Å²) in [6, 6.07) is 20.1. The van der Waals surface area contributed by atoms with Crippen LogP contribution in [0.4, 0.5) is 0 Å². The van der Waals surface area contributed by atoms with E-state index < -0.39 is 12.2 Å². The van der Waals surface area contributed by atoms with E-state index in [0.29, 0.717) is 54.8 Å². The minimum absolute atomic E-state index is 0.0137. The van der Waals surface area contributed by atoms with Gasteiger partial charge in [0.05, 0.1) is 12.7 Å². The number of rotatable bonds is 21. The maximum absolute atomic E-state index is 11.5. The molecule has 1 spiro atoms. The second-order valence-electron chi connectivity index (χ2n) is 18.1. The fraction of sp³-hybridized carbons (Fsp3) is 0.592. The standard InChI is InChI=1S/C49H69N3O6/c1-33(54)29-51-30-41-39-14-10-15-42(39)49(21-8-9-22-49)27-44-40(41)26-43(52-44)46(56)32-57-48-24-35(18-20-45(48)55)17-19-38-25-37(31-53)47(58-38)16-7-3-6-13-36(28-50)23-34-11-4-2-5-12-34/h2,4-5,11-12,18,20,24-26,33,36,39,41-42,46,51-56H,3,6-10,13-17,19,21-23,27-32,50H2,1H3. The number of aromatic nitrogens is 1. The van der Waals surface area contributed by atoms with E-state index in [-0.39, 0.29) is 19.0 Å². The molecule has 3 aliphatic rings. The number of phenols is 1. The van der Waals surface area contributed by atoms with E-state index >= 15 is 0 Å². The van der Waals surface area contributed by atoms with Gasteiger partial charge >= 0.3 is 0 Å². The number of phenolic OH excluding ortho intramolecular Hbond substituents is 1. The molecule has 2 heterocycles. The molecule has 9 nitrogen and oxygen atoms in total. The van der Waals surface area contributed by atoms with Gasteiger partial charge in [-0.2, -0.15) is 0 Å². The first-order chi connectivity index (χ1) is 28.2. The zero-order valence-corrected chi connectivity index (χ0v) is 34.8. The lowest BCUT2D eigenvalue weighted by molar-refractivity contribution is 0.101. The Bertz CT molecular complexity index is 1860. The molecule has 2 aromatic heterocycles. The van der Waals surface area contributed by atoms with Crippen molar-refractivity contribution in [3.63, 3.8) is 0 Å². The average molecular weight is 796 g/mol. The molecular weight excluding hydrogens is 727 g/mol. The van der Waals surface area contributed by atoms with Crippen molar-refractivity contribution in [3.05, 3.63) is 106 Å². The van der Waals surface area contributed by atoms with Crippen LogP contribution in [0.5, 0.6) is 11.5 Å². The van der Waals surface area contributed by atoms with Crippen molar-refractivity contribution < 1.29 is 29.6 Å². The second-order valence-corrected chi connectivity index (χ2v) is 18.1. The van der Waals surface area contributed by atoms with E-state index in [0.717, 1.165) is 85.7 Å². The van der Waals surface area contributed by atoms with Crippen LogP contribution in [0.2, 0.25) is 0 Å². The Hall–Kier alpha value is -3.60. The lowest BCUT2D eigenvalue weighted by atomic mass is 9.66. The Morgan fingerprint density at radius 1 is 0.948 bits per heavy atom. The summed E-state index contributed by atoms with van der Waals surface area (Å²) in [7, 11) is 0. The lowest BCUT2D eigenvalue weighted by Crippen LogP contribution is -2.36. The maximum atomic E-state index is 11.5. The second kappa shape index (κ2) is 20.1. The lowest BCUT2D eigenvalue weighted by Gasteiger charge is -2.39. The Morgan fingerprint density at radius 3 is 2.55 bits per heavy atom. The molecule has 0 aliphatic heterocycles. The van der Waals surface area contributed by atoms with Gasteiger partial charge in [-0.15, -0.1) is 0 Å². The van der Waals surface area contributed by atoms with Crippen molar-refractivity contribution in [2.45, 2.75) is 134 Å². The van der Waals surface area contributed by atoms with Gasteiger partial charge in [-0.25, -0.2) is 0 Å². The van der Waals surface area contributed by atoms with Gasteiger partial charge in [-0.1, -0.05) is 68.5 Å². The summed E-state index contributed by atoms with van der Waals surface area (Å²) in [4.78, 5) is 3.69. The van der Waals surface area contributed by atoms with Crippen molar-refractivity contribution in [2.75, 3.05) is 26.2 Å². The van der Waals surface area contributed by atoms with Gasteiger partial charge in [0.2, 0.25) is 0 Å². The number of aromatic amines is 1. The number of unbranched alkanes of at least 4 members (excludes halogenated alkanes) is 2. The number of aromatic hydroxyl groups is 1. The van der Waals surface area contributed by atoms with E-state index in [2.05, 4.69) is 40.6 Å². The zero-order valence-electron chi connectivity index (χ0n) is 34.8. The molecule has 58 heavy (non-hydrogen) atoms. The Labute approximate surface area is 345 Å². The molecule has 2 fully saturated rings. The Morgan fingerprint density at radius 2 is 1.78 bits per heavy atom. The zero-order chi connectivity index (χ0) is 40.5. The van der Waals surface area contributed by atoms with Crippen LogP contribution in [0.15, 0.2) is 65.1 Å². The van der Waals surface area contributed by atoms with Crippen LogP contribution in [-0.4, -0.2) is 57.8 Å². The molecule has 0 saturated heterocycles. The van der Waals surface area contributed by atoms with Crippen molar-refractivity contribution >= 4 is 0 Å². The quantitative estimate of drug-likeness (QED) is 0.0416. The third-order valence-corrected chi connectivity index (χ3v) is 13.9. The van der Waals surface area contributed by atoms with Crippen molar-refractivity contribution in [3.8, 4) is 11.5 Å². The van der Waals surface area contributed by atoms with Gasteiger partial charge in [0.15, 0.2) is 11.5 Å². The number of benzene rings is 2. The van der Waals surface area contributed by atoms with Crippen molar-refractivity contribution in [1.29, 1.82) is 0 Å². The van der Waals surface area contributed by atoms with Gasteiger partial charge < -0.3 is 45.6 Å². The number of nitrogens with one attached hydrogen (secondary N) is 2. The first kappa shape index (κ1) is 42.5. The monoisotopic (exact) mass is 796 g/mol. The van der Waals surface area contributed by atoms with Crippen LogP contribution in [0.3, 0.4) is 0 Å². The maximum Gasteiger partial charge on any atom is 0.161 e. The highest BCUT2D eigenvalue weighted by Gasteiger charge is 2.51. The average Bonchev–Trinajstić information content (AvgIpc) is 4.05. The number of ether oxygens (including phenoxy) is 1. The normalized spacial score (nSPS) is 21.4. The molecule has 8 N–H and O–H groups in total. The summed E-state index contributed by atoms with van der Waals surface area (Å²) in [6.45, 7) is 3.89. The van der Waals surface area contributed by atoms with Crippen molar-refractivity contribution in [2.24, 2.45) is 28.9 Å². The third kappa shape index (κ3) is 10.4. The van der Waals surface area contributed by atoms with Gasteiger partial charge in [0.1, 0.15) is 24.2 Å². The minimum atomic E-state index is -0.880. The predicted molar refractivity (Wildman–Crippen MR) is 229 cm³/mol. The minimum Gasteiger partial charge on any atom is -0.504 e. The fourth-order valence-electron chi connectivity index (χ4n) is 11.0. The number of H-pyrrole nitrogens is 1. The number of hydrogen-bond donors (Lipinski definition) is 7. The third-order valence-electron chi connectivity index (χ3n) is 13.9. The fourth-order valence-corrected chi connectivity index (χ4v) is 11.0. The van der Waals surface area contributed by atoms with Gasteiger partial charge in [0.25, 0.3) is 0 Å². The highest BCUT2D eigenvalue weighted by Crippen LogP contribution is 2.60. The highest BCUT2D eigenvalue weighted by atomic mass is 16.5. The number of fused-ring (bicyclic) bond motifs is 3. The molecule has 3 aliphatic carbocycles. The molecule has 6 unspecified atom stereocenters. The van der Waals surface area contributed by atoms with E-state index in [1.54, 1.807) is 6.07 Å². The molecule has 6 atom stereocenters. The number of aliphatic hydroxyl groups excluding tert-OH is 3. The largest absolute Gasteiger partial charge is 0.504 e. The van der Waals surface area contributed by atoms with Crippen LogP contribution in [-0.2, 0) is 38.7 Å². The summed E-state index contributed by atoms with van der Waals surface area (Å²) < 4.78 is 12.4. The molecule has 0 amide bonds. The van der Waals surface area contributed by atoms with E-state index in [1.807, 2.05) is 31.2 Å². The molecule has 316 valence electrons. The van der Waals surface area contributed by atoms with Gasteiger partial charge in [0, 0.05) is 48.8 Å². The first-order valence-electron chi connectivity index (χ1n) is 22.4. The molecule has 2 aromatic carbocycles. The van der Waals surface area contributed by atoms with Crippen LogP contribution in [0, 0.1) is 23.2 Å². The molecule has 4 aromatic rings. The number of aliphatic hydroxyl groups is 3. The number of aryl methyl sites for hydroxylation is 3. The van der Waals surface area contributed by atoms with Crippen LogP contribution >= 0.6 is 0 Å². The summed E-state index contributed by atoms with van der Waals surface area (Å²) >= 11 is 0. The molecule has 9 heteroatoms. The smallest absolute Gasteiger partial charge is 0.161 e. The van der Waals surface area contributed by atoms with Gasteiger partial charge in [-0.3, -0.25) is 0 Å². The number of furan rings is 1. The highest BCUT2D eigenvalue weighted by molar-refractivity contribution is 5.42. The molecule has 0 bridgehead atoms. The molecular formula is C49H69N3O6. The van der Waals surface area contributed by atoms with Crippen LogP contribution in [0.1, 0.15) is 135 Å². The topological polar surface area (TPSA) is 157 Å². The number of hydrogen-bond acceptors (Lipinski definition) is 8. The Balaban J connectivity index is 0.929. The Kier molecular flexibility index (Phi) is 14.7. The summed E-state index contributed by atoms with van der Waals surface area (Å²) in [5, 5.41) is 45.9.